The maximum Gasteiger partial charge on any atom is 0.341 e. The number of aryl methyl sites for hydroxylation is 1. The summed E-state index contributed by atoms with van der Waals surface area (Å²) < 4.78 is 28.7. The summed E-state index contributed by atoms with van der Waals surface area (Å²) >= 11 is 24.4. The Morgan fingerprint density at radius 3 is 1.97 bits per heavy atom. The second-order valence-electron chi connectivity index (χ2n) is 7.23. The Morgan fingerprint density at radius 2 is 1.49 bits per heavy atom. The summed E-state index contributed by atoms with van der Waals surface area (Å²) in [5, 5.41) is 10.1. The van der Waals surface area contributed by atoms with Crippen LogP contribution in [0.15, 0.2) is 53.5 Å². The molecule has 0 saturated heterocycles. The molecule has 6 nitrogen and oxygen atoms in total. The topological polar surface area (TPSA) is 77.8 Å². The van der Waals surface area contributed by atoms with Crippen LogP contribution in [0.3, 0.4) is 0 Å². The SMILES string of the molecule is CCn1cc(C(=O)O)c(=O)c2cc(F)c(Oc3ccc(Cl)cc3Cl)c(Oc3ccc(Cl)cc3Cl)c21. The molecule has 11 heteroatoms. The number of hydrogen-bond donors (Lipinski definition) is 1. The highest BCUT2D eigenvalue weighted by molar-refractivity contribution is 6.36. The van der Waals surface area contributed by atoms with Crippen LogP contribution in [-0.2, 0) is 6.54 Å². The van der Waals surface area contributed by atoms with E-state index < -0.39 is 28.5 Å². The molecule has 3 aromatic carbocycles. The van der Waals surface area contributed by atoms with Gasteiger partial charge in [-0.05, 0) is 49.4 Å². The first-order valence-corrected chi connectivity index (χ1v) is 11.5. The number of pyridine rings is 1. The lowest BCUT2D eigenvalue weighted by molar-refractivity contribution is 0.0695. The number of carboxylic acids is 1. The largest absolute Gasteiger partial charge is 0.477 e. The summed E-state index contributed by atoms with van der Waals surface area (Å²) in [7, 11) is 0. The minimum atomic E-state index is -1.45. The molecule has 0 saturated carbocycles. The number of carbonyl (C=O) groups is 1. The molecule has 0 bridgehead atoms. The zero-order chi connectivity index (χ0) is 25.4. The molecule has 0 spiro atoms. The second-order valence-corrected chi connectivity index (χ2v) is 8.92. The lowest BCUT2D eigenvalue weighted by Crippen LogP contribution is -2.19. The van der Waals surface area contributed by atoms with Crippen LogP contribution in [0.1, 0.15) is 17.3 Å². The van der Waals surface area contributed by atoms with Gasteiger partial charge in [-0.2, -0.15) is 0 Å². The predicted octanol–water partition coefficient (Wildman–Crippen LogP) is 8.06. The van der Waals surface area contributed by atoms with Gasteiger partial charge in [-0.1, -0.05) is 46.4 Å². The number of hydrogen-bond acceptors (Lipinski definition) is 4. The van der Waals surface area contributed by atoms with E-state index in [0.717, 1.165) is 12.3 Å². The van der Waals surface area contributed by atoms with E-state index >= 15 is 4.39 Å². The van der Waals surface area contributed by atoms with Gasteiger partial charge in [0, 0.05) is 22.8 Å². The molecule has 4 aromatic rings. The summed E-state index contributed by atoms with van der Waals surface area (Å²) in [6.45, 7) is 1.93. The Morgan fingerprint density at radius 1 is 0.943 bits per heavy atom. The number of fused-ring (bicyclic) bond motifs is 1. The first-order valence-electron chi connectivity index (χ1n) is 9.99. The lowest BCUT2D eigenvalue weighted by atomic mass is 10.1. The molecule has 35 heavy (non-hydrogen) atoms. The van der Waals surface area contributed by atoms with Gasteiger partial charge < -0.3 is 19.1 Å². The fourth-order valence-electron chi connectivity index (χ4n) is 3.41. The maximum absolute atomic E-state index is 15.5. The second kappa shape index (κ2) is 9.95. The van der Waals surface area contributed by atoms with Crippen LogP contribution >= 0.6 is 46.4 Å². The van der Waals surface area contributed by atoms with Crippen LogP contribution in [0.4, 0.5) is 4.39 Å². The molecule has 1 N–H and O–H groups in total. The van der Waals surface area contributed by atoms with Crippen molar-refractivity contribution in [1.82, 2.24) is 4.57 Å². The highest BCUT2D eigenvalue weighted by Crippen LogP contribution is 2.45. The number of carboxylic acid groups (broad SMARTS) is 1. The van der Waals surface area contributed by atoms with E-state index in [9.17, 15) is 14.7 Å². The van der Waals surface area contributed by atoms with Gasteiger partial charge in [0.25, 0.3) is 0 Å². The van der Waals surface area contributed by atoms with E-state index in [-0.39, 0.29) is 44.7 Å². The summed E-state index contributed by atoms with van der Waals surface area (Å²) in [6.07, 6.45) is 1.15. The van der Waals surface area contributed by atoms with Crippen LogP contribution in [0.25, 0.3) is 10.9 Å². The normalized spacial score (nSPS) is 11.0. The fourth-order valence-corrected chi connectivity index (χ4v) is 4.30. The van der Waals surface area contributed by atoms with Crippen molar-refractivity contribution >= 4 is 63.3 Å². The smallest absolute Gasteiger partial charge is 0.341 e. The van der Waals surface area contributed by atoms with Crippen molar-refractivity contribution in [3.63, 3.8) is 0 Å². The Labute approximate surface area is 217 Å². The van der Waals surface area contributed by atoms with Gasteiger partial charge in [-0.25, -0.2) is 9.18 Å². The van der Waals surface area contributed by atoms with Gasteiger partial charge in [-0.3, -0.25) is 4.79 Å². The number of aromatic carboxylic acids is 1. The van der Waals surface area contributed by atoms with Gasteiger partial charge in [0.15, 0.2) is 11.6 Å². The van der Waals surface area contributed by atoms with Crippen molar-refractivity contribution in [2.24, 2.45) is 0 Å². The third kappa shape index (κ3) is 4.90. The molecule has 0 aliphatic heterocycles. The van der Waals surface area contributed by atoms with E-state index in [1.807, 2.05) is 0 Å². The number of aromatic nitrogens is 1. The summed E-state index contributed by atoms with van der Waals surface area (Å²) in [5.74, 6) is -2.91. The van der Waals surface area contributed by atoms with Crippen LogP contribution in [0, 0.1) is 5.82 Å². The molecule has 0 atom stereocenters. The zero-order valence-corrected chi connectivity index (χ0v) is 20.8. The van der Waals surface area contributed by atoms with Gasteiger partial charge in [0.2, 0.25) is 11.2 Å². The standard InChI is InChI=1S/C24H14Cl4FNO5/c1-2-30-10-14(24(32)33)21(31)13-9-17(29)22(34-18-5-3-11(25)7-15(18)27)23(20(13)30)35-19-6-4-12(26)8-16(19)28/h3-10H,2H2,1H3,(H,32,33). The molecule has 1 heterocycles. The van der Waals surface area contributed by atoms with E-state index in [1.54, 1.807) is 6.92 Å². The lowest BCUT2D eigenvalue weighted by Gasteiger charge is -2.19. The molecule has 0 aliphatic carbocycles. The first-order chi connectivity index (χ1) is 16.6. The zero-order valence-electron chi connectivity index (χ0n) is 17.7. The van der Waals surface area contributed by atoms with Crippen molar-refractivity contribution in [3.8, 4) is 23.0 Å². The summed E-state index contributed by atoms with van der Waals surface area (Å²) in [5.41, 5.74) is -1.32. The molecule has 4 rings (SSSR count). The number of nitrogens with zero attached hydrogens (tertiary/aromatic N) is 1. The van der Waals surface area contributed by atoms with Crippen molar-refractivity contribution in [2.75, 3.05) is 0 Å². The summed E-state index contributed by atoms with van der Waals surface area (Å²) in [6, 6.07) is 9.64. The highest BCUT2D eigenvalue weighted by Gasteiger charge is 2.26. The fraction of sp³-hybridized carbons (Fsp3) is 0.0833. The molecule has 0 radical (unpaired) electrons. The van der Waals surface area contributed by atoms with Crippen molar-refractivity contribution in [1.29, 1.82) is 0 Å². The highest BCUT2D eigenvalue weighted by atomic mass is 35.5. The van der Waals surface area contributed by atoms with Crippen LogP contribution < -0.4 is 14.9 Å². The minimum Gasteiger partial charge on any atom is -0.477 e. The average molecular weight is 557 g/mol. The Hall–Kier alpha value is -2.97. The molecule has 0 amide bonds. The van der Waals surface area contributed by atoms with E-state index in [1.165, 1.54) is 41.0 Å². The molecule has 0 unspecified atom stereocenters. The number of rotatable bonds is 6. The molecule has 1 aromatic heterocycles. The van der Waals surface area contributed by atoms with Crippen molar-refractivity contribution in [2.45, 2.75) is 13.5 Å². The number of benzene rings is 3. The van der Waals surface area contributed by atoms with E-state index in [4.69, 9.17) is 55.9 Å². The Bertz CT molecular complexity index is 1550. The minimum absolute atomic E-state index is 0.0638. The molecule has 0 aliphatic rings. The number of halogens is 5. The number of ether oxygens (including phenoxy) is 2. The van der Waals surface area contributed by atoms with Gasteiger partial charge in [0.1, 0.15) is 17.1 Å². The van der Waals surface area contributed by atoms with Gasteiger partial charge in [0.05, 0.1) is 20.9 Å². The monoisotopic (exact) mass is 555 g/mol. The van der Waals surface area contributed by atoms with Gasteiger partial charge >= 0.3 is 5.97 Å². The quantitative estimate of drug-likeness (QED) is 0.260. The van der Waals surface area contributed by atoms with Gasteiger partial charge in [-0.15, -0.1) is 0 Å². The van der Waals surface area contributed by atoms with Crippen molar-refractivity contribution in [3.05, 3.63) is 90.4 Å². The van der Waals surface area contributed by atoms with Crippen LogP contribution in [-0.4, -0.2) is 15.6 Å². The molecule has 0 fully saturated rings. The molecular formula is C24H14Cl4FNO5. The average Bonchev–Trinajstić information content (AvgIpc) is 2.79. The summed E-state index contributed by atoms with van der Waals surface area (Å²) in [4.78, 5) is 24.6. The Kier molecular flexibility index (Phi) is 7.15. The first kappa shape index (κ1) is 25.1. The molecule has 180 valence electrons. The Balaban J connectivity index is 2.06. The third-order valence-electron chi connectivity index (χ3n) is 5.01. The third-order valence-corrected chi connectivity index (χ3v) is 6.07. The molecular weight excluding hydrogens is 543 g/mol. The van der Waals surface area contributed by atoms with Crippen LogP contribution in [0.2, 0.25) is 20.1 Å². The van der Waals surface area contributed by atoms with E-state index in [0.29, 0.717) is 10.0 Å². The van der Waals surface area contributed by atoms with Crippen molar-refractivity contribution < 1.29 is 23.8 Å². The van der Waals surface area contributed by atoms with Crippen LogP contribution in [0.5, 0.6) is 23.0 Å². The maximum atomic E-state index is 15.5. The van der Waals surface area contributed by atoms with E-state index in [2.05, 4.69) is 0 Å². The predicted molar refractivity (Wildman–Crippen MR) is 134 cm³/mol.